The number of carbonyl (C=O) groups is 2. The Morgan fingerprint density at radius 1 is 0.833 bits per heavy atom. The minimum Gasteiger partial charge on any atom is -0.497 e. The number of anilines is 1. The monoisotopic (exact) mass is 597 g/mol. The summed E-state index contributed by atoms with van der Waals surface area (Å²) in [5.74, 6) is 0.528. The molecule has 42 heavy (non-hydrogen) atoms. The van der Waals surface area contributed by atoms with E-state index in [-0.39, 0.29) is 34.8 Å². The van der Waals surface area contributed by atoms with Crippen molar-refractivity contribution in [3.05, 3.63) is 78.4 Å². The lowest BCUT2D eigenvalue weighted by molar-refractivity contribution is -0.140. The first kappa shape index (κ1) is 32.3. The van der Waals surface area contributed by atoms with Crippen molar-refractivity contribution >= 4 is 27.5 Å². The van der Waals surface area contributed by atoms with Gasteiger partial charge in [0, 0.05) is 12.6 Å². The van der Waals surface area contributed by atoms with E-state index in [1.165, 1.54) is 43.4 Å². The summed E-state index contributed by atoms with van der Waals surface area (Å²) in [6.45, 7) is 4.99. The Kier molecular flexibility index (Phi) is 11.2. The Balaban J connectivity index is 2.09. The molecule has 0 aliphatic carbocycles. The van der Waals surface area contributed by atoms with E-state index in [0.717, 1.165) is 9.87 Å². The van der Waals surface area contributed by atoms with Crippen molar-refractivity contribution in [2.45, 2.75) is 50.7 Å². The Morgan fingerprint density at radius 3 is 1.93 bits per heavy atom. The van der Waals surface area contributed by atoms with Gasteiger partial charge in [-0.15, -0.1) is 0 Å². The Bertz CT molecular complexity index is 1440. The van der Waals surface area contributed by atoms with E-state index in [1.54, 1.807) is 55.6 Å². The highest BCUT2D eigenvalue weighted by molar-refractivity contribution is 7.92. The van der Waals surface area contributed by atoms with Crippen LogP contribution in [0.5, 0.6) is 17.2 Å². The zero-order valence-corrected chi connectivity index (χ0v) is 25.7. The molecule has 1 atom stereocenters. The molecule has 3 aromatic rings. The summed E-state index contributed by atoms with van der Waals surface area (Å²) < 4.78 is 45.1. The first-order chi connectivity index (χ1) is 20.0. The number of sulfonamides is 1. The molecule has 2 amide bonds. The topological polar surface area (TPSA) is 114 Å². The molecule has 0 unspecified atom stereocenters. The number of benzene rings is 3. The highest BCUT2D eigenvalue weighted by Crippen LogP contribution is 2.33. The van der Waals surface area contributed by atoms with Gasteiger partial charge in [0.15, 0.2) is 0 Å². The average molecular weight is 598 g/mol. The first-order valence-corrected chi connectivity index (χ1v) is 15.0. The van der Waals surface area contributed by atoms with Crippen LogP contribution < -0.4 is 23.8 Å². The summed E-state index contributed by atoms with van der Waals surface area (Å²) in [6, 6.07) is 18.6. The third kappa shape index (κ3) is 7.73. The van der Waals surface area contributed by atoms with E-state index in [4.69, 9.17) is 14.2 Å². The fraction of sp³-hybridized carbons (Fsp3) is 0.355. The lowest BCUT2D eigenvalue weighted by atomic mass is 10.1. The van der Waals surface area contributed by atoms with E-state index >= 15 is 0 Å². The summed E-state index contributed by atoms with van der Waals surface area (Å²) >= 11 is 0. The molecule has 0 aliphatic heterocycles. The number of ether oxygens (including phenoxy) is 3. The number of carbonyl (C=O) groups excluding carboxylic acids is 2. The average Bonchev–Trinajstić information content (AvgIpc) is 2.99. The lowest BCUT2D eigenvalue weighted by Crippen LogP contribution is -2.53. The van der Waals surface area contributed by atoms with Gasteiger partial charge in [0.2, 0.25) is 11.8 Å². The molecular formula is C31H39N3O7S. The van der Waals surface area contributed by atoms with Crippen LogP contribution in [0, 0.1) is 0 Å². The highest BCUT2D eigenvalue weighted by Gasteiger charge is 2.34. The van der Waals surface area contributed by atoms with Gasteiger partial charge in [-0.3, -0.25) is 13.9 Å². The van der Waals surface area contributed by atoms with Crippen LogP contribution in [0.15, 0.2) is 77.7 Å². The van der Waals surface area contributed by atoms with Gasteiger partial charge >= 0.3 is 0 Å². The molecule has 0 aliphatic rings. The fourth-order valence-corrected chi connectivity index (χ4v) is 5.88. The van der Waals surface area contributed by atoms with E-state index in [9.17, 15) is 18.0 Å². The SMILES string of the molecule is CC[C@H](C(=O)NC(C)C)N(Cc1ccc(OC)cc1)C(=O)CN(c1ccccc1OC)S(=O)(=O)c1ccc(OC)cc1. The van der Waals surface area contributed by atoms with Crippen LogP contribution in [0.2, 0.25) is 0 Å². The van der Waals surface area contributed by atoms with Crippen LogP contribution in [0.3, 0.4) is 0 Å². The number of hydrogen-bond acceptors (Lipinski definition) is 7. The lowest BCUT2D eigenvalue weighted by Gasteiger charge is -2.33. The number of methoxy groups -OCH3 is 3. The van der Waals surface area contributed by atoms with Crippen molar-refractivity contribution in [1.82, 2.24) is 10.2 Å². The predicted octanol–water partition coefficient (Wildman–Crippen LogP) is 4.24. The minimum atomic E-state index is -4.26. The molecule has 3 rings (SSSR count). The second-order valence-corrected chi connectivity index (χ2v) is 11.7. The summed E-state index contributed by atoms with van der Waals surface area (Å²) in [5, 5.41) is 2.89. The van der Waals surface area contributed by atoms with E-state index in [1.807, 2.05) is 20.8 Å². The quantitative estimate of drug-likeness (QED) is 0.296. The molecule has 1 N–H and O–H groups in total. The molecule has 0 radical (unpaired) electrons. The molecule has 3 aromatic carbocycles. The normalized spacial score (nSPS) is 11.9. The van der Waals surface area contributed by atoms with Crippen LogP contribution in [0.25, 0.3) is 0 Å². The third-order valence-corrected chi connectivity index (χ3v) is 8.38. The maximum absolute atomic E-state index is 14.2. The number of amides is 2. The maximum atomic E-state index is 14.2. The summed E-state index contributed by atoms with van der Waals surface area (Å²) in [6.07, 6.45) is 0.320. The molecular weight excluding hydrogens is 558 g/mol. The van der Waals surface area contributed by atoms with Gasteiger partial charge < -0.3 is 24.4 Å². The van der Waals surface area contributed by atoms with Gasteiger partial charge in [0.05, 0.1) is 31.9 Å². The molecule has 0 heterocycles. The molecule has 226 valence electrons. The molecule has 0 bridgehead atoms. The summed E-state index contributed by atoms with van der Waals surface area (Å²) in [7, 11) is 0.214. The van der Waals surface area contributed by atoms with Crippen molar-refractivity contribution in [3.63, 3.8) is 0 Å². The van der Waals surface area contributed by atoms with E-state index in [0.29, 0.717) is 17.9 Å². The Hall–Kier alpha value is -4.25. The highest BCUT2D eigenvalue weighted by atomic mass is 32.2. The van der Waals surface area contributed by atoms with Crippen molar-refractivity contribution < 1.29 is 32.2 Å². The number of nitrogens with one attached hydrogen (secondary N) is 1. The van der Waals surface area contributed by atoms with Crippen LogP contribution in [0.1, 0.15) is 32.8 Å². The summed E-state index contributed by atoms with van der Waals surface area (Å²) in [5.41, 5.74) is 0.940. The second kappa shape index (κ2) is 14.6. The molecule has 0 spiro atoms. The van der Waals surface area contributed by atoms with Gasteiger partial charge in [-0.25, -0.2) is 8.42 Å². The fourth-order valence-electron chi connectivity index (χ4n) is 4.45. The predicted molar refractivity (Wildman–Crippen MR) is 161 cm³/mol. The van der Waals surface area contributed by atoms with Crippen LogP contribution in [0.4, 0.5) is 5.69 Å². The number of para-hydroxylation sites is 2. The van der Waals surface area contributed by atoms with Gasteiger partial charge in [-0.1, -0.05) is 31.2 Å². The Morgan fingerprint density at radius 2 is 1.40 bits per heavy atom. The number of rotatable bonds is 14. The van der Waals surface area contributed by atoms with Crippen LogP contribution >= 0.6 is 0 Å². The van der Waals surface area contributed by atoms with Gasteiger partial charge in [0.25, 0.3) is 10.0 Å². The molecule has 10 nitrogen and oxygen atoms in total. The number of nitrogens with zero attached hydrogens (tertiary/aromatic N) is 2. The van der Waals surface area contributed by atoms with E-state index in [2.05, 4.69) is 5.32 Å². The van der Waals surface area contributed by atoms with Crippen molar-refractivity contribution in [2.75, 3.05) is 32.2 Å². The summed E-state index contributed by atoms with van der Waals surface area (Å²) in [4.78, 5) is 28.8. The molecule has 0 saturated carbocycles. The number of hydrogen-bond donors (Lipinski definition) is 1. The standard InChI is InChI=1S/C31H39N3O7S/c1-7-27(31(36)32-22(2)3)33(20-23-12-14-24(39-4)15-13-23)30(35)21-34(28-10-8-9-11-29(28)41-6)42(37,38)26-18-16-25(40-5)17-19-26/h8-19,22,27H,7,20-21H2,1-6H3,(H,32,36)/t27-/m1/s1. The third-order valence-electron chi connectivity index (χ3n) is 6.61. The van der Waals surface area contributed by atoms with Gasteiger partial charge in [-0.2, -0.15) is 0 Å². The maximum Gasteiger partial charge on any atom is 0.264 e. The minimum absolute atomic E-state index is 0.0340. The zero-order valence-electron chi connectivity index (χ0n) is 24.9. The first-order valence-electron chi connectivity index (χ1n) is 13.6. The smallest absolute Gasteiger partial charge is 0.264 e. The van der Waals surface area contributed by atoms with Gasteiger partial charge in [-0.05, 0) is 74.4 Å². The van der Waals surface area contributed by atoms with E-state index < -0.39 is 28.5 Å². The zero-order chi connectivity index (χ0) is 30.9. The molecule has 0 fully saturated rings. The molecule has 0 saturated heterocycles. The van der Waals surface area contributed by atoms with Crippen LogP contribution in [-0.4, -0.2) is 65.1 Å². The Labute approximate surface area is 248 Å². The van der Waals surface area contributed by atoms with Crippen molar-refractivity contribution in [3.8, 4) is 17.2 Å². The molecule has 0 aromatic heterocycles. The van der Waals surface area contributed by atoms with Crippen molar-refractivity contribution in [1.29, 1.82) is 0 Å². The van der Waals surface area contributed by atoms with Crippen molar-refractivity contribution in [2.24, 2.45) is 0 Å². The second-order valence-electron chi connectivity index (χ2n) is 9.82. The largest absolute Gasteiger partial charge is 0.497 e. The van der Waals surface area contributed by atoms with Gasteiger partial charge in [0.1, 0.15) is 29.8 Å². The molecule has 11 heteroatoms. The van der Waals surface area contributed by atoms with Crippen LogP contribution in [-0.2, 0) is 26.2 Å².